The Bertz CT molecular complexity index is 456. The molecule has 1 aromatic rings. The Labute approximate surface area is 117 Å². The van der Waals surface area contributed by atoms with E-state index in [4.69, 9.17) is 5.73 Å². The van der Waals surface area contributed by atoms with Gasteiger partial charge in [0.05, 0.1) is 5.56 Å². The van der Waals surface area contributed by atoms with Crippen molar-refractivity contribution < 1.29 is 13.6 Å². The Morgan fingerprint density at radius 2 is 2.11 bits per heavy atom. The number of hydrogen-bond acceptors (Lipinski definition) is 2. The molecular weight excluding hydrogens is 274 g/mol. The van der Waals surface area contributed by atoms with Crippen LogP contribution in [0.3, 0.4) is 0 Å². The molecule has 1 heterocycles. The molecule has 3 nitrogen and oxygen atoms in total. The summed E-state index contributed by atoms with van der Waals surface area (Å²) in [6.07, 6.45) is 2.70. The van der Waals surface area contributed by atoms with Gasteiger partial charge in [0.25, 0.3) is 5.91 Å². The maximum absolute atomic E-state index is 13.6. The molecule has 1 atom stereocenters. The fourth-order valence-corrected chi connectivity index (χ4v) is 2.34. The van der Waals surface area contributed by atoms with Crippen LogP contribution >= 0.6 is 12.4 Å². The van der Waals surface area contributed by atoms with Crippen LogP contribution in [-0.2, 0) is 0 Å². The first-order chi connectivity index (χ1) is 8.65. The van der Waals surface area contributed by atoms with Gasteiger partial charge in [0.1, 0.15) is 0 Å². The van der Waals surface area contributed by atoms with E-state index in [1.807, 2.05) is 0 Å². The molecule has 0 radical (unpaired) electrons. The largest absolute Gasteiger partial charge is 0.334 e. The third-order valence-electron chi connectivity index (χ3n) is 3.34. The summed E-state index contributed by atoms with van der Waals surface area (Å²) >= 11 is 0. The van der Waals surface area contributed by atoms with E-state index in [-0.39, 0.29) is 24.0 Å². The van der Waals surface area contributed by atoms with E-state index in [9.17, 15) is 13.6 Å². The molecular formula is C13H17ClF2N2O. The highest BCUT2D eigenvalue weighted by Crippen LogP contribution is 2.21. The Morgan fingerprint density at radius 1 is 1.37 bits per heavy atom. The van der Waals surface area contributed by atoms with E-state index in [0.717, 1.165) is 25.3 Å². The average Bonchev–Trinajstić information content (AvgIpc) is 2.41. The summed E-state index contributed by atoms with van der Waals surface area (Å²) in [6, 6.07) is 3.58. The van der Waals surface area contributed by atoms with Crippen LogP contribution in [0, 0.1) is 11.6 Å². The molecule has 1 aliphatic heterocycles. The SMILES string of the molecule is Cl.NCC1CCCCN1C(=O)c1cccc(F)c1F. The molecule has 1 aliphatic rings. The van der Waals surface area contributed by atoms with Crippen molar-refractivity contribution in [1.29, 1.82) is 0 Å². The van der Waals surface area contributed by atoms with Gasteiger partial charge in [-0.3, -0.25) is 4.79 Å². The number of nitrogens with two attached hydrogens (primary N) is 1. The van der Waals surface area contributed by atoms with E-state index < -0.39 is 17.5 Å². The van der Waals surface area contributed by atoms with Crippen LogP contribution in [0.5, 0.6) is 0 Å². The predicted octanol–water partition coefficient (Wildman–Crippen LogP) is 2.34. The number of rotatable bonds is 2. The molecule has 2 rings (SSSR count). The number of halogens is 3. The van der Waals surface area contributed by atoms with Gasteiger partial charge in [0.2, 0.25) is 0 Å². The fraction of sp³-hybridized carbons (Fsp3) is 0.462. The van der Waals surface area contributed by atoms with Crippen molar-refractivity contribution in [2.24, 2.45) is 5.73 Å². The van der Waals surface area contributed by atoms with Crippen molar-refractivity contribution in [2.45, 2.75) is 25.3 Å². The van der Waals surface area contributed by atoms with Gasteiger partial charge in [-0.2, -0.15) is 0 Å². The highest BCUT2D eigenvalue weighted by molar-refractivity contribution is 5.94. The van der Waals surface area contributed by atoms with Crippen molar-refractivity contribution >= 4 is 18.3 Å². The second kappa shape index (κ2) is 6.82. The summed E-state index contributed by atoms with van der Waals surface area (Å²) in [6.45, 7) is 0.902. The lowest BCUT2D eigenvalue weighted by Crippen LogP contribution is -2.47. The van der Waals surface area contributed by atoms with Crippen molar-refractivity contribution in [1.82, 2.24) is 4.90 Å². The summed E-state index contributed by atoms with van der Waals surface area (Å²) in [5.74, 6) is -2.55. The molecule has 19 heavy (non-hydrogen) atoms. The molecule has 106 valence electrons. The zero-order chi connectivity index (χ0) is 13.1. The summed E-state index contributed by atoms with van der Waals surface area (Å²) < 4.78 is 26.7. The van der Waals surface area contributed by atoms with E-state index >= 15 is 0 Å². The van der Waals surface area contributed by atoms with Crippen molar-refractivity contribution in [3.63, 3.8) is 0 Å². The number of hydrogen-bond donors (Lipinski definition) is 1. The molecule has 0 aliphatic carbocycles. The smallest absolute Gasteiger partial charge is 0.257 e. The van der Waals surface area contributed by atoms with Gasteiger partial charge < -0.3 is 10.6 Å². The lowest BCUT2D eigenvalue weighted by Gasteiger charge is -2.35. The molecule has 0 bridgehead atoms. The van der Waals surface area contributed by atoms with Crippen LogP contribution in [0.25, 0.3) is 0 Å². The minimum Gasteiger partial charge on any atom is -0.334 e. The molecule has 0 spiro atoms. The Balaban J connectivity index is 0.00000180. The van der Waals surface area contributed by atoms with Crippen LogP contribution in [0.2, 0.25) is 0 Å². The number of carbonyl (C=O) groups excluding carboxylic acids is 1. The minimum absolute atomic E-state index is 0. The molecule has 1 fully saturated rings. The van der Waals surface area contributed by atoms with Crippen LogP contribution in [0.4, 0.5) is 8.78 Å². The molecule has 2 N–H and O–H groups in total. The summed E-state index contributed by atoms with van der Waals surface area (Å²) in [4.78, 5) is 13.8. The van der Waals surface area contributed by atoms with Gasteiger partial charge in [-0.05, 0) is 31.4 Å². The normalized spacial score (nSPS) is 18.9. The third kappa shape index (κ3) is 3.22. The maximum Gasteiger partial charge on any atom is 0.257 e. The zero-order valence-corrected chi connectivity index (χ0v) is 11.3. The van der Waals surface area contributed by atoms with Crippen molar-refractivity contribution in [3.8, 4) is 0 Å². The standard InChI is InChI=1S/C13H16F2N2O.ClH/c14-11-6-3-5-10(12(11)15)13(18)17-7-2-1-4-9(17)8-16;/h3,5-6,9H,1-2,4,7-8,16H2;1H. The second-order valence-corrected chi connectivity index (χ2v) is 4.49. The molecule has 0 saturated carbocycles. The maximum atomic E-state index is 13.6. The van der Waals surface area contributed by atoms with Gasteiger partial charge in [-0.25, -0.2) is 8.78 Å². The minimum atomic E-state index is -1.08. The molecule has 1 amide bonds. The van der Waals surface area contributed by atoms with Gasteiger partial charge in [0.15, 0.2) is 11.6 Å². The average molecular weight is 291 g/mol. The molecule has 1 aromatic carbocycles. The highest BCUT2D eigenvalue weighted by Gasteiger charge is 2.28. The Hall–Kier alpha value is -1.20. The number of nitrogens with zero attached hydrogens (tertiary/aromatic N) is 1. The van der Waals surface area contributed by atoms with Crippen LogP contribution < -0.4 is 5.73 Å². The Kier molecular flexibility index (Phi) is 5.69. The first-order valence-corrected chi connectivity index (χ1v) is 6.10. The number of piperidine rings is 1. The van der Waals surface area contributed by atoms with E-state index in [0.29, 0.717) is 13.1 Å². The lowest BCUT2D eigenvalue weighted by atomic mass is 10.0. The molecule has 1 unspecified atom stereocenters. The number of carbonyl (C=O) groups is 1. The van der Waals surface area contributed by atoms with Crippen molar-refractivity contribution in [3.05, 3.63) is 35.4 Å². The predicted molar refractivity (Wildman–Crippen MR) is 71.3 cm³/mol. The second-order valence-electron chi connectivity index (χ2n) is 4.49. The lowest BCUT2D eigenvalue weighted by molar-refractivity contribution is 0.0617. The first-order valence-electron chi connectivity index (χ1n) is 6.10. The van der Waals surface area contributed by atoms with Gasteiger partial charge in [0, 0.05) is 19.1 Å². The third-order valence-corrected chi connectivity index (χ3v) is 3.34. The summed E-state index contributed by atoms with van der Waals surface area (Å²) in [5, 5.41) is 0. The van der Waals surface area contributed by atoms with Gasteiger partial charge in [-0.15, -0.1) is 12.4 Å². The number of likely N-dealkylation sites (tertiary alicyclic amines) is 1. The molecule has 6 heteroatoms. The topological polar surface area (TPSA) is 46.3 Å². The van der Waals surface area contributed by atoms with E-state index in [1.54, 1.807) is 4.90 Å². The summed E-state index contributed by atoms with van der Waals surface area (Å²) in [7, 11) is 0. The highest BCUT2D eigenvalue weighted by atomic mass is 35.5. The van der Waals surface area contributed by atoms with Crippen LogP contribution in [0.15, 0.2) is 18.2 Å². The zero-order valence-electron chi connectivity index (χ0n) is 10.4. The number of benzene rings is 1. The van der Waals surface area contributed by atoms with E-state index in [2.05, 4.69) is 0 Å². The van der Waals surface area contributed by atoms with E-state index in [1.165, 1.54) is 12.1 Å². The first kappa shape index (κ1) is 15.9. The van der Waals surface area contributed by atoms with Gasteiger partial charge in [-0.1, -0.05) is 6.07 Å². The van der Waals surface area contributed by atoms with Gasteiger partial charge >= 0.3 is 0 Å². The molecule has 0 aromatic heterocycles. The Morgan fingerprint density at radius 3 is 2.79 bits per heavy atom. The van der Waals surface area contributed by atoms with Crippen LogP contribution in [-0.4, -0.2) is 29.9 Å². The monoisotopic (exact) mass is 290 g/mol. The molecule has 1 saturated heterocycles. The number of amides is 1. The van der Waals surface area contributed by atoms with Crippen molar-refractivity contribution in [2.75, 3.05) is 13.1 Å². The summed E-state index contributed by atoms with van der Waals surface area (Å²) in [5.41, 5.74) is 5.40. The van der Waals surface area contributed by atoms with Crippen LogP contribution in [0.1, 0.15) is 29.6 Å². The fourth-order valence-electron chi connectivity index (χ4n) is 2.34. The quantitative estimate of drug-likeness (QED) is 0.909.